The molecule has 1 aliphatic carbocycles. The number of rotatable bonds is 10. The number of benzene rings is 2. The Bertz CT molecular complexity index is 940. The van der Waals surface area contributed by atoms with Crippen LogP contribution in [0.4, 0.5) is 0 Å². The van der Waals surface area contributed by atoms with Crippen LogP contribution >= 0.6 is 0 Å². The van der Waals surface area contributed by atoms with Crippen LogP contribution in [0.3, 0.4) is 0 Å². The molecular formula is C28H32O3. The predicted octanol–water partition coefficient (Wildman–Crippen LogP) is 6.96. The molecule has 2 aromatic rings. The first-order chi connectivity index (χ1) is 15.0. The molecule has 0 saturated carbocycles. The Labute approximate surface area is 185 Å². The summed E-state index contributed by atoms with van der Waals surface area (Å²) in [6.07, 6.45) is 11.9. The molecule has 0 amide bonds. The van der Waals surface area contributed by atoms with Gasteiger partial charge >= 0.3 is 5.97 Å². The zero-order valence-corrected chi connectivity index (χ0v) is 18.5. The van der Waals surface area contributed by atoms with Gasteiger partial charge in [-0.3, -0.25) is 9.59 Å². The number of carbonyl (C=O) groups excluding carboxylic acids is 1. The van der Waals surface area contributed by atoms with Crippen LogP contribution in [0.2, 0.25) is 0 Å². The molecule has 0 heterocycles. The van der Waals surface area contributed by atoms with Gasteiger partial charge in [0.1, 0.15) is 0 Å². The molecule has 3 atom stereocenters. The molecule has 0 bridgehead atoms. The zero-order valence-electron chi connectivity index (χ0n) is 18.5. The van der Waals surface area contributed by atoms with Gasteiger partial charge in [-0.1, -0.05) is 118 Å². The third kappa shape index (κ3) is 4.71. The second-order valence-corrected chi connectivity index (χ2v) is 8.37. The lowest BCUT2D eigenvalue weighted by atomic mass is 9.59. The van der Waals surface area contributed by atoms with Crippen molar-refractivity contribution < 1.29 is 14.7 Å². The van der Waals surface area contributed by atoms with Crippen molar-refractivity contribution in [2.45, 2.75) is 46.0 Å². The lowest BCUT2D eigenvalue weighted by Crippen LogP contribution is -2.47. The number of carboxylic acid groups (broad SMARTS) is 1. The van der Waals surface area contributed by atoms with E-state index in [0.29, 0.717) is 5.56 Å². The van der Waals surface area contributed by atoms with Crippen LogP contribution in [-0.4, -0.2) is 16.9 Å². The number of carbonyl (C=O) groups is 2. The molecule has 1 aliphatic rings. The second-order valence-electron chi connectivity index (χ2n) is 8.37. The van der Waals surface area contributed by atoms with Crippen LogP contribution in [0.25, 0.3) is 11.1 Å². The first kappa shape index (κ1) is 22.7. The molecule has 0 saturated heterocycles. The summed E-state index contributed by atoms with van der Waals surface area (Å²) in [5.41, 5.74) is 1.64. The Hall–Kier alpha value is -2.94. The SMILES string of the molecule is CCCCCC(CC)C1(C(=O)c2ccc(-c3ccccc3)cc2)C=CC=CC1C(=O)O. The van der Waals surface area contributed by atoms with Gasteiger partial charge < -0.3 is 5.11 Å². The smallest absolute Gasteiger partial charge is 0.311 e. The van der Waals surface area contributed by atoms with Crippen molar-refractivity contribution in [1.82, 2.24) is 0 Å². The van der Waals surface area contributed by atoms with Gasteiger partial charge in [-0.25, -0.2) is 0 Å². The fraction of sp³-hybridized carbons (Fsp3) is 0.357. The number of hydrogen-bond acceptors (Lipinski definition) is 2. The van der Waals surface area contributed by atoms with Gasteiger partial charge in [0, 0.05) is 5.56 Å². The van der Waals surface area contributed by atoms with E-state index in [1.54, 1.807) is 12.2 Å². The minimum atomic E-state index is -1.06. The first-order valence-corrected chi connectivity index (χ1v) is 11.3. The Morgan fingerprint density at radius 3 is 2.23 bits per heavy atom. The van der Waals surface area contributed by atoms with Crippen molar-refractivity contribution in [2.75, 3.05) is 0 Å². The molecular weight excluding hydrogens is 384 g/mol. The van der Waals surface area contributed by atoms with Crippen molar-refractivity contribution in [2.24, 2.45) is 17.3 Å². The first-order valence-electron chi connectivity index (χ1n) is 11.3. The number of unbranched alkanes of at least 4 members (excludes halogenated alkanes) is 2. The lowest BCUT2D eigenvalue weighted by molar-refractivity contribution is -0.143. The molecule has 162 valence electrons. The zero-order chi connectivity index (χ0) is 22.3. The normalized spacial score (nSPS) is 21.0. The quantitative estimate of drug-likeness (QED) is 0.336. The van der Waals surface area contributed by atoms with Gasteiger partial charge in [-0.05, 0) is 23.5 Å². The summed E-state index contributed by atoms with van der Waals surface area (Å²) >= 11 is 0. The fourth-order valence-electron chi connectivity index (χ4n) is 4.85. The van der Waals surface area contributed by atoms with Gasteiger partial charge in [0.25, 0.3) is 0 Å². The highest BCUT2D eigenvalue weighted by molar-refractivity contribution is 6.05. The van der Waals surface area contributed by atoms with Crippen molar-refractivity contribution in [3.63, 3.8) is 0 Å². The molecule has 1 N–H and O–H groups in total. The van der Waals surface area contributed by atoms with Gasteiger partial charge in [-0.2, -0.15) is 0 Å². The number of allylic oxidation sites excluding steroid dienone is 3. The summed E-state index contributed by atoms with van der Waals surface area (Å²) < 4.78 is 0. The predicted molar refractivity (Wildman–Crippen MR) is 126 cm³/mol. The van der Waals surface area contributed by atoms with Crippen LogP contribution in [-0.2, 0) is 4.79 Å². The standard InChI is InChI=1S/C28H32O3/c1-3-5-7-14-24(4-2)28(20-11-10-15-25(28)27(30)31)26(29)23-18-16-22(17-19-23)21-12-8-6-9-13-21/h6,8-13,15-20,24-25H,3-5,7,14H2,1-2H3,(H,30,31). The molecule has 3 unspecified atom stereocenters. The molecule has 3 heteroatoms. The van der Waals surface area contributed by atoms with E-state index in [4.69, 9.17) is 0 Å². The Kier molecular flexibility index (Phi) is 7.62. The summed E-state index contributed by atoms with van der Waals surface area (Å²) in [5, 5.41) is 10.0. The van der Waals surface area contributed by atoms with Crippen LogP contribution in [0.1, 0.15) is 56.3 Å². The molecule has 0 spiro atoms. The number of hydrogen-bond donors (Lipinski definition) is 1. The summed E-state index contributed by atoms with van der Waals surface area (Å²) in [6, 6.07) is 17.6. The molecule has 0 fully saturated rings. The van der Waals surface area contributed by atoms with E-state index in [9.17, 15) is 14.7 Å². The van der Waals surface area contributed by atoms with Crippen molar-refractivity contribution >= 4 is 11.8 Å². The molecule has 0 aliphatic heterocycles. The third-order valence-corrected chi connectivity index (χ3v) is 6.54. The van der Waals surface area contributed by atoms with Gasteiger partial charge in [0.15, 0.2) is 5.78 Å². The highest BCUT2D eigenvalue weighted by Gasteiger charge is 2.51. The Morgan fingerprint density at radius 2 is 1.61 bits per heavy atom. The number of ketones is 1. The van der Waals surface area contributed by atoms with E-state index in [-0.39, 0.29) is 11.7 Å². The van der Waals surface area contributed by atoms with Gasteiger partial charge in [0.2, 0.25) is 0 Å². The Balaban J connectivity index is 2.00. The van der Waals surface area contributed by atoms with Crippen molar-refractivity contribution in [1.29, 1.82) is 0 Å². The maximum atomic E-state index is 14.0. The van der Waals surface area contributed by atoms with Gasteiger partial charge in [-0.15, -0.1) is 0 Å². The molecule has 0 aromatic heterocycles. The van der Waals surface area contributed by atoms with E-state index in [2.05, 4.69) is 13.8 Å². The molecule has 2 aromatic carbocycles. The maximum absolute atomic E-state index is 14.0. The molecule has 3 nitrogen and oxygen atoms in total. The maximum Gasteiger partial charge on any atom is 0.311 e. The van der Waals surface area contributed by atoms with Crippen molar-refractivity contribution in [3.05, 3.63) is 84.5 Å². The van der Waals surface area contributed by atoms with Crippen LogP contribution in [0, 0.1) is 17.3 Å². The summed E-state index contributed by atoms with van der Waals surface area (Å²) in [6.45, 7) is 4.22. The average molecular weight is 417 g/mol. The molecule has 31 heavy (non-hydrogen) atoms. The van der Waals surface area contributed by atoms with E-state index in [0.717, 1.165) is 43.2 Å². The van der Waals surface area contributed by atoms with E-state index < -0.39 is 17.3 Å². The van der Waals surface area contributed by atoms with Crippen molar-refractivity contribution in [3.8, 4) is 11.1 Å². The highest BCUT2D eigenvalue weighted by atomic mass is 16.4. The van der Waals surface area contributed by atoms with Crippen LogP contribution in [0.15, 0.2) is 78.9 Å². The van der Waals surface area contributed by atoms with Crippen LogP contribution in [0.5, 0.6) is 0 Å². The van der Waals surface area contributed by atoms with Gasteiger partial charge in [0.05, 0.1) is 11.3 Å². The third-order valence-electron chi connectivity index (χ3n) is 6.54. The highest BCUT2D eigenvalue weighted by Crippen LogP contribution is 2.47. The monoisotopic (exact) mass is 416 g/mol. The lowest BCUT2D eigenvalue weighted by Gasteiger charge is -2.41. The number of Topliss-reactive ketones (excluding diaryl/α,β-unsaturated/α-hetero) is 1. The van der Waals surface area contributed by atoms with E-state index in [1.165, 1.54) is 0 Å². The number of carboxylic acids is 1. The topological polar surface area (TPSA) is 54.4 Å². The number of aliphatic carboxylic acids is 1. The fourth-order valence-corrected chi connectivity index (χ4v) is 4.85. The molecule has 0 radical (unpaired) electrons. The van der Waals surface area contributed by atoms with E-state index in [1.807, 2.05) is 66.7 Å². The Morgan fingerprint density at radius 1 is 0.935 bits per heavy atom. The summed E-state index contributed by atoms with van der Waals surface area (Å²) in [4.78, 5) is 26.2. The van der Waals surface area contributed by atoms with E-state index >= 15 is 0 Å². The largest absolute Gasteiger partial charge is 0.481 e. The summed E-state index contributed by atoms with van der Waals surface area (Å²) in [7, 11) is 0. The van der Waals surface area contributed by atoms with Crippen LogP contribution < -0.4 is 0 Å². The summed E-state index contributed by atoms with van der Waals surface area (Å²) in [5.74, 6) is -1.92. The average Bonchev–Trinajstić information content (AvgIpc) is 2.82. The molecule has 3 rings (SSSR count). The minimum Gasteiger partial charge on any atom is -0.481 e. The minimum absolute atomic E-state index is 0.0253. The second kappa shape index (κ2) is 10.4.